The van der Waals surface area contributed by atoms with Crippen LogP contribution in [-0.2, 0) is 11.3 Å². The summed E-state index contributed by atoms with van der Waals surface area (Å²) in [6, 6.07) is 8.29. The topological polar surface area (TPSA) is 61.8 Å². The third-order valence-electron chi connectivity index (χ3n) is 4.89. The second kappa shape index (κ2) is 10.2. The van der Waals surface area contributed by atoms with Crippen LogP contribution in [-0.4, -0.2) is 55.7 Å². The smallest absolute Gasteiger partial charge is 0.191 e. The van der Waals surface area contributed by atoms with Crippen molar-refractivity contribution in [3.63, 3.8) is 0 Å². The molecule has 1 aromatic heterocycles. The highest BCUT2D eigenvalue weighted by atomic mass is 35.5. The zero-order chi connectivity index (χ0) is 19.9. The van der Waals surface area contributed by atoms with Crippen molar-refractivity contribution in [2.45, 2.75) is 26.4 Å². The zero-order valence-electron chi connectivity index (χ0n) is 16.7. The maximum absolute atomic E-state index is 6.24. The van der Waals surface area contributed by atoms with E-state index >= 15 is 0 Å². The van der Waals surface area contributed by atoms with E-state index in [1.54, 1.807) is 18.4 Å². The molecule has 0 spiro atoms. The molecule has 1 fully saturated rings. The Hall–Kier alpha value is -1.67. The van der Waals surface area contributed by atoms with Gasteiger partial charge in [-0.15, -0.1) is 11.3 Å². The average molecular weight is 422 g/mol. The predicted molar refractivity (Wildman–Crippen MR) is 116 cm³/mol. The molecule has 0 saturated carbocycles. The maximum Gasteiger partial charge on any atom is 0.191 e. The Bertz CT molecular complexity index is 784. The van der Waals surface area contributed by atoms with E-state index in [9.17, 15) is 0 Å². The standard InChI is InChI=1S/C20H28ClN5OS/c1-14-15(2)28-19(25-14)13-24-20(22-3)23-12-18(26-7-9-27-10-8-26)16-5-4-6-17(21)11-16/h4-6,11,18H,7-10,12-13H2,1-3H3,(H2,22,23,24). The summed E-state index contributed by atoms with van der Waals surface area (Å²) in [6.07, 6.45) is 0. The number of nitrogens with zero attached hydrogens (tertiary/aromatic N) is 3. The number of hydrogen-bond acceptors (Lipinski definition) is 5. The molecule has 6 nitrogen and oxygen atoms in total. The van der Waals surface area contributed by atoms with Crippen LogP contribution in [0, 0.1) is 13.8 Å². The van der Waals surface area contributed by atoms with Crippen molar-refractivity contribution in [3.8, 4) is 0 Å². The van der Waals surface area contributed by atoms with Gasteiger partial charge >= 0.3 is 0 Å². The second-order valence-corrected chi connectivity index (χ2v) is 8.50. The van der Waals surface area contributed by atoms with Gasteiger partial charge in [-0.25, -0.2) is 4.98 Å². The van der Waals surface area contributed by atoms with Crippen molar-refractivity contribution in [3.05, 3.63) is 50.4 Å². The lowest BCUT2D eigenvalue weighted by Crippen LogP contribution is -2.46. The van der Waals surface area contributed by atoms with E-state index in [4.69, 9.17) is 16.3 Å². The molecule has 152 valence electrons. The molecule has 2 aromatic rings. The molecule has 2 N–H and O–H groups in total. The summed E-state index contributed by atoms with van der Waals surface area (Å²) in [4.78, 5) is 12.6. The number of hydrogen-bond donors (Lipinski definition) is 2. The Balaban J connectivity index is 1.64. The molecule has 1 saturated heterocycles. The van der Waals surface area contributed by atoms with Crippen LogP contribution in [0.15, 0.2) is 29.3 Å². The van der Waals surface area contributed by atoms with Gasteiger partial charge in [0.05, 0.1) is 31.5 Å². The van der Waals surface area contributed by atoms with E-state index in [1.807, 2.05) is 25.1 Å². The Kier molecular flexibility index (Phi) is 7.67. The molecule has 0 radical (unpaired) electrons. The number of nitrogens with one attached hydrogen (secondary N) is 2. The van der Waals surface area contributed by atoms with E-state index in [2.05, 4.69) is 38.5 Å². The molecule has 1 aromatic carbocycles. The minimum absolute atomic E-state index is 0.200. The summed E-state index contributed by atoms with van der Waals surface area (Å²) in [6.45, 7) is 8.86. The highest BCUT2D eigenvalue weighted by Crippen LogP contribution is 2.24. The molecule has 0 amide bonds. The fourth-order valence-electron chi connectivity index (χ4n) is 3.25. The molecule has 0 bridgehead atoms. The molecular weight excluding hydrogens is 394 g/mol. The van der Waals surface area contributed by atoms with Crippen molar-refractivity contribution in [1.82, 2.24) is 20.5 Å². The van der Waals surface area contributed by atoms with Crippen LogP contribution < -0.4 is 10.6 Å². The van der Waals surface area contributed by atoms with Gasteiger partial charge in [0.1, 0.15) is 5.01 Å². The minimum atomic E-state index is 0.200. The van der Waals surface area contributed by atoms with Gasteiger partial charge < -0.3 is 15.4 Å². The first-order chi connectivity index (χ1) is 13.6. The Morgan fingerprint density at radius 3 is 2.75 bits per heavy atom. The van der Waals surface area contributed by atoms with Gasteiger partial charge in [0.15, 0.2) is 5.96 Å². The number of benzene rings is 1. The maximum atomic E-state index is 6.24. The first kappa shape index (κ1) is 21.0. The van der Waals surface area contributed by atoms with Crippen LogP contribution in [0.4, 0.5) is 0 Å². The zero-order valence-corrected chi connectivity index (χ0v) is 18.2. The van der Waals surface area contributed by atoms with Crippen molar-refractivity contribution < 1.29 is 4.74 Å². The predicted octanol–water partition coefficient (Wildman–Crippen LogP) is 3.15. The van der Waals surface area contributed by atoms with Crippen molar-refractivity contribution in [2.24, 2.45) is 4.99 Å². The van der Waals surface area contributed by atoms with Gasteiger partial charge in [0.2, 0.25) is 0 Å². The Morgan fingerprint density at radius 1 is 1.32 bits per heavy atom. The molecule has 3 rings (SSSR count). The highest BCUT2D eigenvalue weighted by molar-refractivity contribution is 7.11. The van der Waals surface area contributed by atoms with Crippen LogP contribution in [0.5, 0.6) is 0 Å². The lowest BCUT2D eigenvalue weighted by atomic mass is 10.0. The molecular formula is C20H28ClN5OS. The van der Waals surface area contributed by atoms with Crippen LogP contribution in [0.1, 0.15) is 27.2 Å². The van der Waals surface area contributed by atoms with Crippen LogP contribution in [0.2, 0.25) is 5.02 Å². The fraction of sp³-hybridized carbons (Fsp3) is 0.500. The van der Waals surface area contributed by atoms with Crippen molar-refractivity contribution in [1.29, 1.82) is 0 Å². The number of rotatable bonds is 6. The molecule has 0 aliphatic carbocycles. The van der Waals surface area contributed by atoms with E-state index in [-0.39, 0.29) is 6.04 Å². The summed E-state index contributed by atoms with van der Waals surface area (Å²) in [5, 5.41) is 8.66. The molecule has 1 atom stereocenters. The SMILES string of the molecule is CN=C(NCc1nc(C)c(C)s1)NCC(c1cccc(Cl)c1)N1CCOCC1. The number of aryl methyl sites for hydroxylation is 2. The number of guanidine groups is 1. The third kappa shape index (κ3) is 5.67. The lowest BCUT2D eigenvalue weighted by molar-refractivity contribution is 0.0170. The second-order valence-electron chi connectivity index (χ2n) is 6.78. The van der Waals surface area contributed by atoms with Gasteiger partial charge in [0.25, 0.3) is 0 Å². The lowest BCUT2D eigenvalue weighted by Gasteiger charge is -2.35. The van der Waals surface area contributed by atoms with Crippen molar-refractivity contribution >= 4 is 28.9 Å². The molecule has 1 unspecified atom stereocenters. The molecule has 8 heteroatoms. The van der Waals surface area contributed by atoms with Crippen LogP contribution in [0.25, 0.3) is 0 Å². The molecule has 28 heavy (non-hydrogen) atoms. The summed E-state index contributed by atoms with van der Waals surface area (Å²) in [7, 11) is 1.79. The summed E-state index contributed by atoms with van der Waals surface area (Å²) >= 11 is 7.96. The first-order valence-corrected chi connectivity index (χ1v) is 10.7. The van der Waals surface area contributed by atoms with Gasteiger partial charge in [-0.1, -0.05) is 23.7 Å². The number of morpholine rings is 1. The monoisotopic (exact) mass is 421 g/mol. The quantitative estimate of drug-likeness (QED) is 0.554. The molecule has 1 aliphatic rings. The molecule has 1 aliphatic heterocycles. The number of aromatic nitrogens is 1. The highest BCUT2D eigenvalue weighted by Gasteiger charge is 2.23. The number of aliphatic imine (C=N–C) groups is 1. The Labute approximate surface area is 176 Å². The van der Waals surface area contributed by atoms with E-state index < -0.39 is 0 Å². The summed E-state index contributed by atoms with van der Waals surface area (Å²) in [5.41, 5.74) is 2.29. The summed E-state index contributed by atoms with van der Waals surface area (Å²) in [5.74, 6) is 0.769. The number of ether oxygens (including phenoxy) is 1. The average Bonchev–Trinajstić information content (AvgIpc) is 3.03. The van der Waals surface area contributed by atoms with Crippen LogP contribution in [0.3, 0.4) is 0 Å². The fourth-order valence-corrected chi connectivity index (χ4v) is 4.32. The first-order valence-electron chi connectivity index (χ1n) is 9.51. The summed E-state index contributed by atoms with van der Waals surface area (Å²) < 4.78 is 5.53. The number of thiazole rings is 1. The van der Waals surface area contributed by atoms with Gasteiger partial charge in [-0.3, -0.25) is 9.89 Å². The minimum Gasteiger partial charge on any atom is -0.379 e. The largest absolute Gasteiger partial charge is 0.379 e. The van der Waals surface area contributed by atoms with E-state index in [1.165, 1.54) is 10.4 Å². The van der Waals surface area contributed by atoms with Crippen LogP contribution >= 0.6 is 22.9 Å². The van der Waals surface area contributed by atoms with E-state index in [0.29, 0.717) is 6.54 Å². The normalized spacial score (nSPS) is 16.8. The Morgan fingerprint density at radius 2 is 2.11 bits per heavy atom. The van der Waals surface area contributed by atoms with Gasteiger partial charge in [0, 0.05) is 36.6 Å². The van der Waals surface area contributed by atoms with E-state index in [0.717, 1.165) is 54.5 Å². The van der Waals surface area contributed by atoms with Gasteiger partial charge in [-0.05, 0) is 31.5 Å². The third-order valence-corrected chi connectivity index (χ3v) is 6.19. The van der Waals surface area contributed by atoms with Crippen molar-refractivity contribution in [2.75, 3.05) is 39.9 Å². The van der Waals surface area contributed by atoms with Gasteiger partial charge in [-0.2, -0.15) is 0 Å². The molecule has 2 heterocycles. The number of halogens is 1.